The van der Waals surface area contributed by atoms with Crippen LogP contribution in [0.15, 0.2) is 83.8 Å². The highest BCUT2D eigenvalue weighted by atomic mass is 32.2. The molecule has 0 radical (unpaired) electrons. The van der Waals surface area contributed by atoms with Gasteiger partial charge in [0.1, 0.15) is 17.3 Å². The van der Waals surface area contributed by atoms with Crippen molar-refractivity contribution in [2.45, 2.75) is 31.3 Å². The number of hydrogen-bond acceptors (Lipinski definition) is 5. The van der Waals surface area contributed by atoms with Gasteiger partial charge in [0.05, 0.1) is 5.92 Å². The van der Waals surface area contributed by atoms with E-state index in [4.69, 9.17) is 8.92 Å². The summed E-state index contributed by atoms with van der Waals surface area (Å²) in [5.41, 5.74) is 2.46. The van der Waals surface area contributed by atoms with Crippen molar-refractivity contribution in [1.29, 1.82) is 0 Å². The fourth-order valence-electron chi connectivity index (χ4n) is 2.71. The van der Waals surface area contributed by atoms with Gasteiger partial charge in [-0.2, -0.15) is 8.42 Å². The minimum Gasteiger partial charge on any atom is -0.460 e. The summed E-state index contributed by atoms with van der Waals surface area (Å²) in [6.45, 7) is 3.77. The van der Waals surface area contributed by atoms with Gasteiger partial charge >= 0.3 is 16.1 Å². The summed E-state index contributed by atoms with van der Waals surface area (Å²) in [5.74, 6) is -0.817. The highest BCUT2D eigenvalue weighted by molar-refractivity contribution is 7.87. The number of carbonyl (C=O) groups is 1. The molecule has 29 heavy (non-hydrogen) atoms. The van der Waals surface area contributed by atoms with Gasteiger partial charge in [0.15, 0.2) is 0 Å². The SMILES string of the molecule is Cc1ccc(S(=O)(=O)Oc2cccc(C(C)C(=O)OCc3ccccc3)c2)cc1. The van der Waals surface area contributed by atoms with Gasteiger partial charge < -0.3 is 8.92 Å². The number of esters is 1. The van der Waals surface area contributed by atoms with E-state index in [1.165, 1.54) is 18.2 Å². The molecule has 0 fully saturated rings. The van der Waals surface area contributed by atoms with Gasteiger partial charge in [0.25, 0.3) is 0 Å². The second kappa shape index (κ2) is 8.92. The Bertz CT molecular complexity index is 1070. The van der Waals surface area contributed by atoms with E-state index in [9.17, 15) is 13.2 Å². The highest BCUT2D eigenvalue weighted by Crippen LogP contribution is 2.25. The molecule has 3 aromatic carbocycles. The molecule has 3 rings (SSSR count). The molecule has 0 amide bonds. The van der Waals surface area contributed by atoms with Crippen LogP contribution in [-0.4, -0.2) is 14.4 Å². The Hall–Kier alpha value is -3.12. The van der Waals surface area contributed by atoms with Crippen molar-refractivity contribution < 1.29 is 22.1 Å². The summed E-state index contributed by atoms with van der Waals surface area (Å²) in [6, 6.07) is 22.3. The number of rotatable bonds is 7. The summed E-state index contributed by atoms with van der Waals surface area (Å²) in [7, 11) is -3.96. The van der Waals surface area contributed by atoms with Gasteiger partial charge in [-0.3, -0.25) is 4.79 Å². The van der Waals surface area contributed by atoms with E-state index in [1.807, 2.05) is 37.3 Å². The molecular formula is C23H22O5S. The van der Waals surface area contributed by atoms with Gasteiger partial charge in [-0.1, -0.05) is 60.2 Å². The largest absolute Gasteiger partial charge is 0.460 e. The van der Waals surface area contributed by atoms with Crippen LogP contribution in [0.25, 0.3) is 0 Å². The van der Waals surface area contributed by atoms with Crippen molar-refractivity contribution in [3.63, 3.8) is 0 Å². The van der Waals surface area contributed by atoms with Crippen LogP contribution in [0, 0.1) is 6.92 Å². The maximum absolute atomic E-state index is 12.5. The first kappa shape index (κ1) is 20.6. The molecule has 0 saturated carbocycles. The Morgan fingerprint density at radius 1 is 0.931 bits per heavy atom. The average Bonchev–Trinajstić information content (AvgIpc) is 2.72. The number of aryl methyl sites for hydroxylation is 1. The van der Waals surface area contributed by atoms with Crippen LogP contribution in [0.1, 0.15) is 29.5 Å². The second-order valence-electron chi connectivity index (χ2n) is 6.74. The Morgan fingerprint density at radius 2 is 1.62 bits per heavy atom. The fourth-order valence-corrected chi connectivity index (χ4v) is 3.63. The fraction of sp³-hybridized carbons (Fsp3) is 0.174. The molecule has 0 aliphatic carbocycles. The molecule has 0 saturated heterocycles. The van der Waals surface area contributed by atoms with Gasteiger partial charge in [0.2, 0.25) is 0 Å². The molecule has 1 unspecified atom stereocenters. The molecule has 6 heteroatoms. The van der Waals surface area contributed by atoms with Crippen LogP contribution in [0.3, 0.4) is 0 Å². The molecule has 0 aliphatic heterocycles. The molecule has 0 aromatic heterocycles. The quantitative estimate of drug-likeness (QED) is 0.420. The molecule has 0 spiro atoms. The van der Waals surface area contributed by atoms with Crippen molar-refractivity contribution in [3.8, 4) is 5.75 Å². The highest BCUT2D eigenvalue weighted by Gasteiger charge is 2.20. The lowest BCUT2D eigenvalue weighted by molar-refractivity contribution is -0.146. The minimum atomic E-state index is -3.96. The summed E-state index contributed by atoms with van der Waals surface area (Å²) in [4.78, 5) is 12.5. The lowest BCUT2D eigenvalue weighted by Crippen LogP contribution is -2.14. The first-order chi connectivity index (χ1) is 13.8. The smallest absolute Gasteiger partial charge is 0.339 e. The van der Waals surface area contributed by atoms with Gasteiger partial charge in [0, 0.05) is 0 Å². The van der Waals surface area contributed by atoms with E-state index in [2.05, 4.69) is 0 Å². The Balaban J connectivity index is 1.69. The third-order valence-corrected chi connectivity index (χ3v) is 5.71. The van der Waals surface area contributed by atoms with E-state index >= 15 is 0 Å². The molecule has 0 aliphatic rings. The number of carbonyl (C=O) groups excluding carboxylic acids is 1. The lowest BCUT2D eigenvalue weighted by Gasteiger charge is -2.13. The van der Waals surface area contributed by atoms with Crippen molar-refractivity contribution >= 4 is 16.1 Å². The molecule has 3 aromatic rings. The summed E-state index contributed by atoms with van der Waals surface area (Å²) >= 11 is 0. The standard InChI is InChI=1S/C23H22O5S/c1-17-11-13-22(14-12-17)29(25,26)28-21-10-6-9-20(15-21)18(2)23(24)27-16-19-7-4-3-5-8-19/h3-15,18H,16H2,1-2H3. The van der Waals surface area contributed by atoms with E-state index in [1.54, 1.807) is 37.3 Å². The maximum atomic E-state index is 12.5. The Labute approximate surface area is 171 Å². The summed E-state index contributed by atoms with van der Waals surface area (Å²) in [6.07, 6.45) is 0. The second-order valence-corrected chi connectivity index (χ2v) is 8.28. The van der Waals surface area contributed by atoms with E-state index in [-0.39, 0.29) is 17.3 Å². The van der Waals surface area contributed by atoms with Crippen LogP contribution in [0.4, 0.5) is 0 Å². The summed E-state index contributed by atoms with van der Waals surface area (Å²) < 4.78 is 35.6. The average molecular weight is 410 g/mol. The molecule has 0 heterocycles. The lowest BCUT2D eigenvalue weighted by atomic mass is 10.0. The van der Waals surface area contributed by atoms with Crippen LogP contribution in [0.2, 0.25) is 0 Å². The molecule has 1 atom stereocenters. The molecular weight excluding hydrogens is 388 g/mol. The number of hydrogen-bond donors (Lipinski definition) is 0. The number of benzene rings is 3. The zero-order chi connectivity index (χ0) is 20.9. The first-order valence-corrected chi connectivity index (χ1v) is 10.6. The zero-order valence-corrected chi connectivity index (χ0v) is 17.1. The van der Waals surface area contributed by atoms with Gasteiger partial charge in [-0.05, 0) is 49.2 Å². The maximum Gasteiger partial charge on any atom is 0.339 e. The topological polar surface area (TPSA) is 69.7 Å². The molecule has 5 nitrogen and oxygen atoms in total. The van der Waals surface area contributed by atoms with Crippen LogP contribution >= 0.6 is 0 Å². The van der Waals surface area contributed by atoms with E-state index < -0.39 is 22.0 Å². The third kappa shape index (κ3) is 5.45. The monoisotopic (exact) mass is 410 g/mol. The molecule has 0 N–H and O–H groups in total. The van der Waals surface area contributed by atoms with E-state index in [0.29, 0.717) is 5.56 Å². The molecule has 150 valence electrons. The van der Waals surface area contributed by atoms with E-state index in [0.717, 1.165) is 11.1 Å². The van der Waals surface area contributed by atoms with Crippen molar-refractivity contribution in [2.75, 3.05) is 0 Å². The van der Waals surface area contributed by atoms with Crippen LogP contribution in [0.5, 0.6) is 5.75 Å². The number of ether oxygens (including phenoxy) is 1. The normalized spacial score (nSPS) is 12.2. The predicted octanol–water partition coefficient (Wildman–Crippen LogP) is 4.61. The molecule has 0 bridgehead atoms. The minimum absolute atomic E-state index is 0.0730. The Kier molecular flexibility index (Phi) is 6.34. The Morgan fingerprint density at radius 3 is 2.31 bits per heavy atom. The van der Waals surface area contributed by atoms with Gasteiger partial charge in [-0.15, -0.1) is 0 Å². The zero-order valence-electron chi connectivity index (χ0n) is 16.2. The van der Waals surface area contributed by atoms with Crippen molar-refractivity contribution in [2.24, 2.45) is 0 Å². The third-order valence-electron chi connectivity index (χ3n) is 4.45. The van der Waals surface area contributed by atoms with Crippen LogP contribution in [-0.2, 0) is 26.3 Å². The first-order valence-electron chi connectivity index (χ1n) is 9.17. The van der Waals surface area contributed by atoms with Crippen molar-refractivity contribution in [3.05, 3.63) is 95.6 Å². The predicted molar refractivity (Wildman–Crippen MR) is 110 cm³/mol. The van der Waals surface area contributed by atoms with Gasteiger partial charge in [-0.25, -0.2) is 0 Å². The van der Waals surface area contributed by atoms with Crippen molar-refractivity contribution in [1.82, 2.24) is 0 Å². The summed E-state index contributed by atoms with van der Waals surface area (Å²) in [5, 5.41) is 0. The van der Waals surface area contributed by atoms with Crippen LogP contribution < -0.4 is 4.18 Å².